The molecule has 1 fully saturated rings. The van der Waals surface area contributed by atoms with E-state index in [-0.39, 0.29) is 13.0 Å². The predicted octanol–water partition coefficient (Wildman–Crippen LogP) is 1.92. The largest absolute Gasteiger partial charge is 0.481 e. The Balaban J connectivity index is 1.81. The molecule has 2 heterocycles. The lowest BCUT2D eigenvalue weighted by Gasteiger charge is -2.43. The highest BCUT2D eigenvalue weighted by atomic mass is 19.1. The molecule has 1 aromatic heterocycles. The Hall–Kier alpha value is -2.25. The molecule has 26 heavy (non-hydrogen) atoms. The summed E-state index contributed by atoms with van der Waals surface area (Å²) >= 11 is 0. The molecule has 0 radical (unpaired) electrons. The summed E-state index contributed by atoms with van der Waals surface area (Å²) in [4.78, 5) is 18.5. The second-order valence-corrected chi connectivity index (χ2v) is 6.98. The van der Waals surface area contributed by atoms with Crippen LogP contribution in [0.5, 0.6) is 0 Å². The van der Waals surface area contributed by atoms with Crippen molar-refractivity contribution in [1.82, 2.24) is 14.5 Å². The first kappa shape index (κ1) is 18.5. The van der Waals surface area contributed by atoms with Crippen LogP contribution < -0.4 is 0 Å². The molecular formula is C19H24FN3O3. The number of hydrogen-bond acceptors (Lipinski definition) is 4. The summed E-state index contributed by atoms with van der Waals surface area (Å²) in [6.45, 7) is 4.16. The van der Waals surface area contributed by atoms with E-state index in [4.69, 9.17) is 0 Å². The Morgan fingerprint density at radius 1 is 1.46 bits per heavy atom. The van der Waals surface area contributed by atoms with Crippen LogP contribution in [0.15, 0.2) is 36.8 Å². The molecule has 1 aromatic carbocycles. The Kier molecular flexibility index (Phi) is 5.38. The lowest BCUT2D eigenvalue weighted by Crippen LogP contribution is -2.56. The van der Waals surface area contributed by atoms with E-state index in [0.29, 0.717) is 25.1 Å². The summed E-state index contributed by atoms with van der Waals surface area (Å²) in [7, 11) is 0. The van der Waals surface area contributed by atoms with E-state index >= 15 is 0 Å². The van der Waals surface area contributed by atoms with Gasteiger partial charge in [0.2, 0.25) is 0 Å². The molecule has 0 spiro atoms. The zero-order valence-electron chi connectivity index (χ0n) is 14.8. The maximum Gasteiger partial charge on any atom is 0.313 e. The van der Waals surface area contributed by atoms with Gasteiger partial charge in [0, 0.05) is 32.4 Å². The molecule has 0 bridgehead atoms. The number of nitrogens with zero attached hydrogens (tertiary/aromatic N) is 3. The number of benzene rings is 1. The standard InChI is InChI=1S/C19H24FN3O3/c1-2-22-10-16(21-13-22)11-23-7-6-17(24)19(12-23,18(25)26)9-14-4-3-5-15(20)8-14/h3-5,8,10,13,17,24H,2,6-7,9,11-12H2,1H3,(H,25,26)/t17-,19+/m0/s1. The fraction of sp³-hybridized carbons (Fsp3) is 0.474. The molecule has 7 heteroatoms. The van der Waals surface area contributed by atoms with Crippen molar-refractivity contribution in [3.63, 3.8) is 0 Å². The highest BCUT2D eigenvalue weighted by Crippen LogP contribution is 2.35. The Labute approximate surface area is 151 Å². The third-order valence-electron chi connectivity index (χ3n) is 5.13. The van der Waals surface area contributed by atoms with Crippen molar-refractivity contribution in [2.75, 3.05) is 13.1 Å². The molecule has 0 amide bonds. The minimum atomic E-state index is -1.36. The number of carboxylic acids is 1. The van der Waals surface area contributed by atoms with E-state index in [1.807, 2.05) is 22.6 Å². The third kappa shape index (κ3) is 3.78. The molecule has 140 valence electrons. The lowest BCUT2D eigenvalue weighted by atomic mass is 9.73. The van der Waals surface area contributed by atoms with Gasteiger partial charge in [0.15, 0.2) is 0 Å². The van der Waals surface area contributed by atoms with Gasteiger partial charge in [-0.3, -0.25) is 9.69 Å². The van der Waals surface area contributed by atoms with E-state index in [0.717, 1.165) is 12.2 Å². The number of carboxylic acid groups (broad SMARTS) is 1. The van der Waals surface area contributed by atoms with Crippen molar-refractivity contribution in [1.29, 1.82) is 0 Å². The Bertz CT molecular complexity index is 779. The molecule has 2 N–H and O–H groups in total. The number of rotatable bonds is 6. The van der Waals surface area contributed by atoms with Gasteiger partial charge in [0.05, 0.1) is 18.1 Å². The number of piperidine rings is 1. The van der Waals surface area contributed by atoms with Crippen LogP contribution >= 0.6 is 0 Å². The van der Waals surface area contributed by atoms with Gasteiger partial charge in [-0.2, -0.15) is 0 Å². The van der Waals surface area contributed by atoms with Gasteiger partial charge in [-0.15, -0.1) is 0 Å². The Morgan fingerprint density at radius 3 is 2.92 bits per heavy atom. The average molecular weight is 361 g/mol. The van der Waals surface area contributed by atoms with Crippen LogP contribution in [0.3, 0.4) is 0 Å². The first-order valence-electron chi connectivity index (χ1n) is 8.82. The van der Waals surface area contributed by atoms with Crippen LogP contribution in [-0.2, 0) is 24.3 Å². The van der Waals surface area contributed by atoms with Crippen molar-refractivity contribution in [2.45, 2.75) is 39.0 Å². The quantitative estimate of drug-likeness (QED) is 0.822. The first-order chi connectivity index (χ1) is 12.4. The van der Waals surface area contributed by atoms with Gasteiger partial charge >= 0.3 is 5.97 Å². The van der Waals surface area contributed by atoms with Gasteiger partial charge in [-0.25, -0.2) is 9.37 Å². The molecule has 1 saturated heterocycles. The van der Waals surface area contributed by atoms with Gasteiger partial charge in [-0.1, -0.05) is 12.1 Å². The average Bonchev–Trinajstić information content (AvgIpc) is 3.05. The van der Waals surface area contributed by atoms with Gasteiger partial charge < -0.3 is 14.8 Å². The molecule has 2 aromatic rings. The molecule has 6 nitrogen and oxygen atoms in total. The van der Waals surface area contributed by atoms with E-state index < -0.39 is 23.3 Å². The van der Waals surface area contributed by atoms with Crippen LogP contribution in [0.1, 0.15) is 24.6 Å². The number of hydrogen-bond donors (Lipinski definition) is 2. The summed E-state index contributed by atoms with van der Waals surface area (Å²) in [6.07, 6.45) is 3.16. The van der Waals surface area contributed by atoms with E-state index in [2.05, 4.69) is 4.98 Å². The second kappa shape index (κ2) is 7.55. The number of aromatic nitrogens is 2. The van der Waals surface area contributed by atoms with E-state index in [1.54, 1.807) is 18.5 Å². The van der Waals surface area contributed by atoms with Crippen LogP contribution in [0.25, 0.3) is 0 Å². The van der Waals surface area contributed by atoms with Crippen molar-refractivity contribution in [3.8, 4) is 0 Å². The number of likely N-dealkylation sites (tertiary alicyclic amines) is 1. The number of carbonyl (C=O) groups is 1. The highest BCUT2D eigenvalue weighted by Gasteiger charge is 2.49. The molecular weight excluding hydrogens is 337 g/mol. The fourth-order valence-electron chi connectivity index (χ4n) is 3.66. The molecule has 2 atom stereocenters. The van der Waals surface area contributed by atoms with Crippen molar-refractivity contribution >= 4 is 5.97 Å². The number of halogens is 1. The number of aliphatic carboxylic acids is 1. The fourth-order valence-corrected chi connectivity index (χ4v) is 3.66. The summed E-state index contributed by atoms with van der Waals surface area (Å²) in [6, 6.07) is 5.91. The first-order valence-corrected chi connectivity index (χ1v) is 8.82. The lowest BCUT2D eigenvalue weighted by molar-refractivity contribution is -0.163. The summed E-state index contributed by atoms with van der Waals surface area (Å²) < 4.78 is 15.5. The second-order valence-electron chi connectivity index (χ2n) is 6.98. The van der Waals surface area contributed by atoms with Crippen molar-refractivity contribution in [2.24, 2.45) is 5.41 Å². The summed E-state index contributed by atoms with van der Waals surface area (Å²) in [5.74, 6) is -1.46. The van der Waals surface area contributed by atoms with Crippen molar-refractivity contribution in [3.05, 3.63) is 53.9 Å². The number of aliphatic hydroxyl groups excluding tert-OH is 1. The third-order valence-corrected chi connectivity index (χ3v) is 5.13. The monoisotopic (exact) mass is 361 g/mol. The maximum absolute atomic E-state index is 13.5. The SMILES string of the molecule is CCn1cnc(CN2CC[C@H](O)[C@](Cc3cccc(F)c3)(C(=O)O)C2)c1. The summed E-state index contributed by atoms with van der Waals surface area (Å²) in [5, 5.41) is 20.4. The van der Waals surface area contributed by atoms with Crippen LogP contribution in [0, 0.1) is 11.2 Å². The normalized spacial score (nSPS) is 23.9. The predicted molar refractivity (Wildman–Crippen MR) is 94.0 cm³/mol. The molecule has 1 aliphatic rings. The van der Waals surface area contributed by atoms with Crippen molar-refractivity contribution < 1.29 is 19.4 Å². The van der Waals surface area contributed by atoms with Gasteiger partial charge in [-0.05, 0) is 37.5 Å². The zero-order chi connectivity index (χ0) is 18.7. The van der Waals surface area contributed by atoms with E-state index in [9.17, 15) is 19.4 Å². The topological polar surface area (TPSA) is 78.6 Å². The maximum atomic E-state index is 13.5. The number of aryl methyl sites for hydroxylation is 1. The molecule has 3 rings (SSSR count). The highest BCUT2D eigenvalue weighted by molar-refractivity contribution is 5.76. The summed E-state index contributed by atoms with van der Waals surface area (Å²) in [5.41, 5.74) is 0.0798. The molecule has 0 unspecified atom stereocenters. The van der Waals surface area contributed by atoms with Gasteiger partial charge in [0.25, 0.3) is 0 Å². The van der Waals surface area contributed by atoms with Crippen LogP contribution in [0.2, 0.25) is 0 Å². The van der Waals surface area contributed by atoms with Crippen LogP contribution in [0.4, 0.5) is 4.39 Å². The minimum Gasteiger partial charge on any atom is -0.481 e. The molecule has 0 aliphatic carbocycles. The smallest absolute Gasteiger partial charge is 0.313 e. The van der Waals surface area contributed by atoms with Crippen LogP contribution in [-0.4, -0.2) is 49.8 Å². The molecule has 1 aliphatic heterocycles. The minimum absolute atomic E-state index is 0.0845. The number of aliphatic hydroxyl groups is 1. The molecule has 0 saturated carbocycles. The van der Waals surface area contributed by atoms with Gasteiger partial charge in [0.1, 0.15) is 11.2 Å². The zero-order valence-corrected chi connectivity index (χ0v) is 14.8. The Morgan fingerprint density at radius 2 is 2.27 bits per heavy atom. The number of imidazole rings is 1. The van der Waals surface area contributed by atoms with E-state index in [1.165, 1.54) is 12.1 Å².